The highest BCUT2D eigenvalue weighted by atomic mass is 32.2. The number of hydrogen-bond donors (Lipinski definition) is 3. The molecule has 5 saturated heterocycles. The molecule has 5 fully saturated rings. The molecule has 5 aliphatic heterocycles. The summed E-state index contributed by atoms with van der Waals surface area (Å²) in [5.41, 5.74) is 4.18. The number of imide groups is 1. The second kappa shape index (κ2) is 15.3. The molecule has 0 saturated carbocycles. The lowest BCUT2D eigenvalue weighted by Crippen LogP contribution is -2.57. The predicted molar refractivity (Wildman–Crippen MR) is 203 cm³/mol. The van der Waals surface area contributed by atoms with Crippen molar-refractivity contribution in [3.8, 4) is 0 Å². The fourth-order valence-corrected chi connectivity index (χ4v) is 11.1. The molecule has 1 spiro atoms. The van der Waals surface area contributed by atoms with Gasteiger partial charge in [-0.05, 0) is 86.6 Å². The van der Waals surface area contributed by atoms with E-state index < -0.39 is 5.54 Å². The molecule has 6 aliphatic rings. The lowest BCUT2D eigenvalue weighted by molar-refractivity contribution is -0.137. The van der Waals surface area contributed by atoms with Crippen LogP contribution in [0.2, 0.25) is 0 Å². The van der Waals surface area contributed by atoms with E-state index in [4.69, 9.17) is 0 Å². The van der Waals surface area contributed by atoms with E-state index >= 15 is 0 Å². The van der Waals surface area contributed by atoms with E-state index in [1.165, 1.54) is 35.2 Å². The number of fused-ring (bicyclic) bond motifs is 2. The highest BCUT2D eigenvalue weighted by Gasteiger charge is 2.59. The Balaban J connectivity index is 0.850. The average molecular weight is 728 g/mol. The average Bonchev–Trinajstić information content (AvgIpc) is 3.98. The third-order valence-electron chi connectivity index (χ3n) is 12.4. The molecule has 0 aromatic heterocycles. The molecule has 52 heavy (non-hydrogen) atoms. The van der Waals surface area contributed by atoms with Crippen molar-refractivity contribution in [2.75, 3.05) is 49.9 Å². The molecule has 8 rings (SSSR count). The zero-order valence-corrected chi connectivity index (χ0v) is 31.0. The normalized spacial score (nSPS) is 25.6. The fraction of sp³-hybridized carbons (Fsp3) is 0.600. The van der Waals surface area contributed by atoms with Crippen LogP contribution in [-0.4, -0.2) is 113 Å². The van der Waals surface area contributed by atoms with Gasteiger partial charge in [-0.1, -0.05) is 42.8 Å². The topological polar surface area (TPSA) is 117 Å². The highest BCUT2D eigenvalue weighted by Crippen LogP contribution is 2.41. The molecule has 3 atom stereocenters. The van der Waals surface area contributed by atoms with Gasteiger partial charge in [0, 0.05) is 75.0 Å². The van der Waals surface area contributed by atoms with Crippen molar-refractivity contribution < 1.29 is 19.2 Å². The number of nitrogens with one attached hydrogen (secondary N) is 3. The van der Waals surface area contributed by atoms with Crippen molar-refractivity contribution >= 4 is 41.3 Å². The van der Waals surface area contributed by atoms with Crippen LogP contribution in [0.1, 0.15) is 74.5 Å². The third-order valence-corrected chi connectivity index (χ3v) is 13.9. The molecule has 0 radical (unpaired) electrons. The van der Waals surface area contributed by atoms with Gasteiger partial charge in [0.1, 0.15) is 5.54 Å². The lowest BCUT2D eigenvalue weighted by Gasteiger charge is -2.42. The van der Waals surface area contributed by atoms with Crippen LogP contribution in [-0.2, 0) is 29.0 Å². The quantitative estimate of drug-likeness (QED) is 0.160. The molecule has 11 nitrogen and oxygen atoms in total. The van der Waals surface area contributed by atoms with Crippen LogP contribution < -0.4 is 20.9 Å². The summed E-state index contributed by atoms with van der Waals surface area (Å²) in [6.07, 6.45) is 8.98. The molecular formula is C40H53N7O4S. The number of carbonyl (C=O) groups is 4. The number of likely N-dealkylation sites (tertiary alicyclic amines) is 1. The van der Waals surface area contributed by atoms with Crippen LogP contribution in [0.4, 0.5) is 15.3 Å². The van der Waals surface area contributed by atoms with Crippen molar-refractivity contribution in [2.45, 2.75) is 106 Å². The van der Waals surface area contributed by atoms with Crippen LogP contribution in [0.15, 0.2) is 48.5 Å². The van der Waals surface area contributed by atoms with E-state index in [-0.39, 0.29) is 42.0 Å². The molecule has 3 N–H and O–H groups in total. The molecule has 0 bridgehead atoms. The molecular weight excluding hydrogens is 675 g/mol. The van der Waals surface area contributed by atoms with Crippen molar-refractivity contribution in [3.63, 3.8) is 0 Å². The summed E-state index contributed by atoms with van der Waals surface area (Å²) >= 11 is 1.90. The summed E-state index contributed by atoms with van der Waals surface area (Å²) in [5.74, 6) is 0.936. The molecule has 2 aromatic carbocycles. The van der Waals surface area contributed by atoms with Gasteiger partial charge in [0.25, 0.3) is 5.91 Å². The van der Waals surface area contributed by atoms with Gasteiger partial charge in [-0.3, -0.25) is 19.4 Å². The first-order valence-electron chi connectivity index (χ1n) is 19.6. The zero-order valence-electron chi connectivity index (χ0n) is 30.2. The lowest BCUT2D eigenvalue weighted by atomic mass is 9.85. The van der Waals surface area contributed by atoms with Crippen LogP contribution in [0, 0.1) is 0 Å². The number of thioether (sulfide) groups is 1. The molecule has 1 aliphatic carbocycles. The maximum Gasteiger partial charge on any atom is 0.327 e. The number of anilines is 1. The maximum absolute atomic E-state index is 14.5. The predicted octanol–water partition coefficient (Wildman–Crippen LogP) is 4.29. The first-order valence-corrected chi connectivity index (χ1v) is 20.7. The number of piperidine rings is 1. The third kappa shape index (κ3) is 7.12. The number of benzene rings is 2. The number of unbranched alkanes of at least 4 members (excludes halogenated alkanes) is 1. The monoisotopic (exact) mass is 727 g/mol. The summed E-state index contributed by atoms with van der Waals surface area (Å²) in [4.78, 5) is 61.5. The molecule has 12 heteroatoms. The van der Waals surface area contributed by atoms with E-state index in [0.29, 0.717) is 56.9 Å². The number of nitrogens with zero attached hydrogens (tertiary/aromatic N) is 4. The van der Waals surface area contributed by atoms with Crippen molar-refractivity contribution in [3.05, 3.63) is 65.2 Å². The Labute approximate surface area is 311 Å². The number of hydrogen-bond acceptors (Lipinski definition) is 7. The Kier molecular flexibility index (Phi) is 10.4. The SMILES string of the molecule is O=C(CCCCC1SCC2NC(=O)NC21)NCCCN1C(=O)N(C2Cc3ccccc3C2)C(=O)C12CCN(Cc1ccc(N3CCCC3)cc1)CC2. The molecule has 2 aromatic rings. The number of rotatable bonds is 13. The first kappa shape index (κ1) is 35.3. The van der Waals surface area contributed by atoms with Gasteiger partial charge in [-0.25, -0.2) is 9.59 Å². The minimum atomic E-state index is -0.836. The minimum absolute atomic E-state index is 0.0263. The van der Waals surface area contributed by atoms with Gasteiger partial charge in [0.15, 0.2) is 0 Å². The van der Waals surface area contributed by atoms with Gasteiger partial charge in [0.05, 0.1) is 12.1 Å². The van der Waals surface area contributed by atoms with E-state index in [1.54, 1.807) is 4.90 Å². The van der Waals surface area contributed by atoms with Gasteiger partial charge in [-0.15, -0.1) is 0 Å². The van der Waals surface area contributed by atoms with Gasteiger partial charge < -0.3 is 25.8 Å². The summed E-state index contributed by atoms with van der Waals surface area (Å²) in [5, 5.41) is 9.49. The second-order valence-electron chi connectivity index (χ2n) is 15.7. The Morgan fingerprint density at radius 3 is 2.35 bits per heavy atom. The fourth-order valence-electron chi connectivity index (χ4n) is 9.53. The molecule has 6 amide bonds. The number of urea groups is 2. The van der Waals surface area contributed by atoms with Crippen LogP contribution in [0.25, 0.3) is 0 Å². The Hall–Kier alpha value is -3.77. The Morgan fingerprint density at radius 2 is 1.62 bits per heavy atom. The van der Waals surface area contributed by atoms with Gasteiger partial charge in [0.2, 0.25) is 5.91 Å². The van der Waals surface area contributed by atoms with Crippen LogP contribution in [0.5, 0.6) is 0 Å². The van der Waals surface area contributed by atoms with Crippen LogP contribution in [0.3, 0.4) is 0 Å². The number of carbonyl (C=O) groups excluding carboxylic acids is 4. The molecule has 3 unspecified atom stereocenters. The van der Waals surface area contributed by atoms with E-state index in [9.17, 15) is 19.2 Å². The van der Waals surface area contributed by atoms with Gasteiger partial charge >= 0.3 is 12.1 Å². The van der Waals surface area contributed by atoms with E-state index in [1.807, 2.05) is 28.8 Å². The smallest absolute Gasteiger partial charge is 0.327 e. The van der Waals surface area contributed by atoms with E-state index in [2.05, 4.69) is 62.1 Å². The second-order valence-corrected chi connectivity index (χ2v) is 17.0. The van der Waals surface area contributed by atoms with Crippen LogP contribution >= 0.6 is 11.8 Å². The summed E-state index contributed by atoms with van der Waals surface area (Å²) < 4.78 is 0. The van der Waals surface area contributed by atoms with Crippen molar-refractivity contribution in [1.82, 2.24) is 30.7 Å². The largest absolute Gasteiger partial charge is 0.372 e. The Bertz CT molecular complexity index is 1620. The standard InChI is InChI=1S/C40H53N7O4S/c48-35(11-4-3-10-34-36-33(27-52-34)42-38(50)43-36)41-18-7-21-46-39(51)47(32-24-29-8-1-2-9-30(29)25-32)37(49)40(46)16-22-44(23-17-40)26-28-12-14-31(15-13-28)45-19-5-6-20-45/h1-2,8-9,12-15,32-34,36H,3-7,10-11,16-27H2,(H,41,48)(H2,42,43,50). The first-order chi connectivity index (χ1) is 25.4. The van der Waals surface area contributed by atoms with Crippen molar-refractivity contribution in [2.24, 2.45) is 0 Å². The summed E-state index contributed by atoms with van der Waals surface area (Å²) in [6.45, 7) is 5.53. The number of amides is 6. The molecule has 278 valence electrons. The summed E-state index contributed by atoms with van der Waals surface area (Å²) in [6, 6.07) is 17.3. The maximum atomic E-state index is 14.5. The van der Waals surface area contributed by atoms with Gasteiger partial charge in [-0.2, -0.15) is 11.8 Å². The minimum Gasteiger partial charge on any atom is -0.372 e. The summed E-state index contributed by atoms with van der Waals surface area (Å²) in [7, 11) is 0. The van der Waals surface area contributed by atoms with Crippen molar-refractivity contribution in [1.29, 1.82) is 0 Å². The molecule has 5 heterocycles. The zero-order chi connectivity index (χ0) is 35.7. The Morgan fingerprint density at radius 1 is 0.885 bits per heavy atom. The highest BCUT2D eigenvalue weighted by molar-refractivity contribution is 8.00. The van der Waals surface area contributed by atoms with E-state index in [0.717, 1.165) is 57.7 Å².